The van der Waals surface area contributed by atoms with Gasteiger partial charge in [-0.1, -0.05) is 0 Å². The van der Waals surface area contributed by atoms with Gasteiger partial charge in [0.15, 0.2) is 6.29 Å². The Hall–Kier alpha value is -2.32. The van der Waals surface area contributed by atoms with Crippen LogP contribution in [-0.2, 0) is 19.1 Å². The van der Waals surface area contributed by atoms with E-state index < -0.39 is 0 Å². The average molecular weight is 404 g/mol. The summed E-state index contributed by atoms with van der Waals surface area (Å²) in [4.78, 5) is 29.6. The molecule has 0 saturated carbocycles. The molecule has 0 aromatic heterocycles. The summed E-state index contributed by atoms with van der Waals surface area (Å²) < 4.78 is 22.1. The zero-order valence-corrected chi connectivity index (χ0v) is 17.0. The molecule has 8 heteroatoms. The second kappa shape index (κ2) is 8.59. The third kappa shape index (κ3) is 3.91. The zero-order chi connectivity index (χ0) is 20.4. The molecule has 3 saturated heterocycles. The molecule has 3 aliphatic rings. The number of carbonyl (C=O) groups is 2. The summed E-state index contributed by atoms with van der Waals surface area (Å²) in [5, 5.41) is 0. The fourth-order valence-electron chi connectivity index (χ4n) is 4.46. The Labute approximate surface area is 170 Å². The summed E-state index contributed by atoms with van der Waals surface area (Å²) in [6.07, 6.45) is 2.71. The third-order valence-electron chi connectivity index (χ3n) is 5.95. The predicted octanol–water partition coefficient (Wildman–Crippen LogP) is 1.81. The molecule has 3 fully saturated rings. The molecule has 158 valence electrons. The molecule has 2 amide bonds. The molecule has 8 nitrogen and oxygen atoms in total. The fraction of sp³-hybridized carbons (Fsp3) is 0.619. The number of hydrogen-bond donors (Lipinski definition) is 0. The van der Waals surface area contributed by atoms with Gasteiger partial charge in [0, 0.05) is 25.6 Å². The Morgan fingerprint density at radius 1 is 1.14 bits per heavy atom. The number of ether oxygens (including phenoxy) is 4. The van der Waals surface area contributed by atoms with E-state index in [1.54, 1.807) is 37.3 Å². The van der Waals surface area contributed by atoms with E-state index >= 15 is 0 Å². The van der Waals surface area contributed by atoms with Crippen LogP contribution in [0.2, 0.25) is 0 Å². The lowest BCUT2D eigenvalue weighted by Gasteiger charge is -2.39. The minimum Gasteiger partial charge on any atom is -0.497 e. The van der Waals surface area contributed by atoms with Crippen LogP contribution in [0.5, 0.6) is 11.5 Å². The lowest BCUT2D eigenvalue weighted by atomic mass is 9.98. The van der Waals surface area contributed by atoms with Crippen LogP contribution < -0.4 is 14.4 Å². The van der Waals surface area contributed by atoms with Gasteiger partial charge >= 0.3 is 0 Å². The highest BCUT2D eigenvalue weighted by Crippen LogP contribution is 2.37. The first-order valence-corrected chi connectivity index (χ1v) is 10.2. The number of likely N-dealkylation sites (tertiary alicyclic amines) is 1. The van der Waals surface area contributed by atoms with Crippen molar-refractivity contribution >= 4 is 17.5 Å². The highest BCUT2D eigenvalue weighted by Gasteiger charge is 2.43. The van der Waals surface area contributed by atoms with E-state index in [0.29, 0.717) is 43.5 Å². The summed E-state index contributed by atoms with van der Waals surface area (Å²) >= 11 is 0. The lowest BCUT2D eigenvalue weighted by molar-refractivity contribution is -0.154. The van der Waals surface area contributed by atoms with Crippen LogP contribution in [0.15, 0.2) is 18.2 Å². The van der Waals surface area contributed by atoms with E-state index in [0.717, 1.165) is 19.3 Å². The molecule has 0 aliphatic carbocycles. The molecular weight excluding hydrogens is 376 g/mol. The van der Waals surface area contributed by atoms with E-state index in [1.807, 2.05) is 4.90 Å². The summed E-state index contributed by atoms with van der Waals surface area (Å²) in [5.74, 6) is 0.745. The largest absolute Gasteiger partial charge is 0.497 e. The van der Waals surface area contributed by atoms with E-state index in [9.17, 15) is 9.59 Å². The minimum absolute atomic E-state index is 0.00603. The number of rotatable bonds is 5. The molecule has 2 unspecified atom stereocenters. The quantitative estimate of drug-likeness (QED) is 0.745. The average Bonchev–Trinajstić information content (AvgIpc) is 3.42. The van der Waals surface area contributed by atoms with Gasteiger partial charge in [-0.05, 0) is 31.4 Å². The molecule has 0 spiro atoms. The fourth-order valence-corrected chi connectivity index (χ4v) is 4.46. The van der Waals surface area contributed by atoms with Crippen molar-refractivity contribution < 1.29 is 28.5 Å². The highest BCUT2D eigenvalue weighted by atomic mass is 16.7. The van der Waals surface area contributed by atoms with Gasteiger partial charge in [0.2, 0.25) is 11.8 Å². The molecule has 0 N–H and O–H groups in total. The molecule has 2 atom stereocenters. The van der Waals surface area contributed by atoms with Gasteiger partial charge in [0.05, 0.1) is 45.1 Å². The van der Waals surface area contributed by atoms with E-state index in [1.165, 1.54) is 0 Å². The number of methoxy groups -OCH3 is 2. The smallest absolute Gasteiger partial charge is 0.228 e. The predicted molar refractivity (Wildman–Crippen MR) is 105 cm³/mol. The molecule has 29 heavy (non-hydrogen) atoms. The van der Waals surface area contributed by atoms with Crippen LogP contribution in [0.25, 0.3) is 0 Å². The van der Waals surface area contributed by atoms with Crippen LogP contribution in [0.4, 0.5) is 5.69 Å². The summed E-state index contributed by atoms with van der Waals surface area (Å²) in [5.41, 5.74) is 0.629. The SMILES string of the molecule is COc1ccc(OC)c(N2CC(C(=O)N3CCCCC3C3OCCO3)CC2=O)c1. The third-order valence-corrected chi connectivity index (χ3v) is 5.95. The van der Waals surface area contributed by atoms with Crippen molar-refractivity contribution in [3.63, 3.8) is 0 Å². The van der Waals surface area contributed by atoms with Crippen molar-refractivity contribution in [1.29, 1.82) is 0 Å². The van der Waals surface area contributed by atoms with Gasteiger partial charge in [-0.2, -0.15) is 0 Å². The van der Waals surface area contributed by atoms with Gasteiger partial charge in [-0.25, -0.2) is 0 Å². The maximum absolute atomic E-state index is 13.3. The molecule has 4 rings (SSSR count). The van der Waals surface area contributed by atoms with Gasteiger partial charge in [0.25, 0.3) is 0 Å². The van der Waals surface area contributed by atoms with Crippen molar-refractivity contribution in [3.8, 4) is 11.5 Å². The number of benzene rings is 1. The van der Waals surface area contributed by atoms with Crippen LogP contribution in [0.3, 0.4) is 0 Å². The number of hydrogen-bond acceptors (Lipinski definition) is 6. The Morgan fingerprint density at radius 2 is 1.93 bits per heavy atom. The molecular formula is C21H28N2O6. The van der Waals surface area contributed by atoms with Crippen LogP contribution >= 0.6 is 0 Å². The number of nitrogens with zero attached hydrogens (tertiary/aromatic N) is 2. The first kappa shape index (κ1) is 20.0. The first-order valence-electron chi connectivity index (χ1n) is 10.2. The maximum atomic E-state index is 13.3. The Morgan fingerprint density at radius 3 is 2.66 bits per heavy atom. The van der Waals surface area contributed by atoms with E-state index in [-0.39, 0.29) is 36.5 Å². The lowest BCUT2D eigenvalue weighted by Crippen LogP contribution is -2.52. The zero-order valence-electron chi connectivity index (χ0n) is 17.0. The minimum atomic E-state index is -0.389. The van der Waals surface area contributed by atoms with Gasteiger partial charge in [-0.3, -0.25) is 9.59 Å². The molecule has 1 aromatic rings. The molecule has 3 aliphatic heterocycles. The van der Waals surface area contributed by atoms with Gasteiger partial charge in [-0.15, -0.1) is 0 Å². The van der Waals surface area contributed by atoms with Crippen molar-refractivity contribution in [2.45, 2.75) is 38.0 Å². The first-order chi connectivity index (χ1) is 14.1. The summed E-state index contributed by atoms with van der Waals surface area (Å²) in [6.45, 7) is 2.14. The Kier molecular flexibility index (Phi) is 5.91. The Bertz CT molecular complexity index is 764. The van der Waals surface area contributed by atoms with Crippen LogP contribution in [0, 0.1) is 5.92 Å². The molecule has 0 radical (unpaired) electrons. The number of carbonyl (C=O) groups excluding carboxylic acids is 2. The normalized spacial score (nSPS) is 25.5. The standard InChI is InChI=1S/C21H28N2O6/c1-26-15-6-7-18(27-2)17(12-15)23-13-14(11-19(23)24)20(25)22-8-4-3-5-16(22)21-28-9-10-29-21/h6-7,12,14,16,21H,3-5,8-11,13H2,1-2H3. The summed E-state index contributed by atoms with van der Waals surface area (Å²) in [7, 11) is 3.14. The maximum Gasteiger partial charge on any atom is 0.228 e. The topological polar surface area (TPSA) is 77.5 Å². The molecule has 0 bridgehead atoms. The van der Waals surface area contributed by atoms with E-state index in [2.05, 4.69) is 0 Å². The highest BCUT2D eigenvalue weighted by molar-refractivity contribution is 6.01. The Balaban J connectivity index is 1.52. The van der Waals surface area contributed by atoms with Crippen molar-refractivity contribution in [3.05, 3.63) is 18.2 Å². The van der Waals surface area contributed by atoms with Crippen LogP contribution in [-0.4, -0.2) is 69.6 Å². The van der Waals surface area contributed by atoms with Crippen molar-refractivity contribution in [1.82, 2.24) is 4.90 Å². The van der Waals surface area contributed by atoms with Gasteiger partial charge in [0.1, 0.15) is 11.5 Å². The second-order valence-electron chi connectivity index (χ2n) is 7.65. The van der Waals surface area contributed by atoms with Crippen molar-refractivity contribution in [2.24, 2.45) is 5.92 Å². The van der Waals surface area contributed by atoms with Gasteiger partial charge < -0.3 is 28.7 Å². The number of anilines is 1. The van der Waals surface area contributed by atoms with E-state index in [4.69, 9.17) is 18.9 Å². The second-order valence-corrected chi connectivity index (χ2v) is 7.65. The van der Waals surface area contributed by atoms with Crippen LogP contribution in [0.1, 0.15) is 25.7 Å². The molecule has 3 heterocycles. The summed E-state index contributed by atoms with van der Waals surface area (Å²) in [6, 6.07) is 5.25. The monoisotopic (exact) mass is 404 g/mol. The number of amides is 2. The van der Waals surface area contributed by atoms with Crippen molar-refractivity contribution in [2.75, 3.05) is 45.4 Å². The molecule has 1 aromatic carbocycles. The number of piperidine rings is 1.